The molecule has 32 heavy (non-hydrogen) atoms. The Hall–Kier alpha value is -3.52. The van der Waals surface area contributed by atoms with Crippen LogP contribution in [0.2, 0.25) is 0 Å². The van der Waals surface area contributed by atoms with E-state index in [9.17, 15) is 0 Å². The van der Waals surface area contributed by atoms with Gasteiger partial charge >= 0.3 is 0 Å². The van der Waals surface area contributed by atoms with E-state index in [1.165, 1.54) is 33.4 Å². The van der Waals surface area contributed by atoms with Gasteiger partial charge in [-0.15, -0.1) is 0 Å². The minimum absolute atomic E-state index is 0.919. The van der Waals surface area contributed by atoms with Crippen molar-refractivity contribution in [3.63, 3.8) is 0 Å². The minimum atomic E-state index is 0.919. The molecule has 0 fully saturated rings. The lowest BCUT2D eigenvalue weighted by Gasteiger charge is -2.09. The van der Waals surface area contributed by atoms with E-state index in [0.29, 0.717) is 0 Å². The molecule has 4 rings (SSSR count). The number of ether oxygens (including phenoxy) is 2. The second kappa shape index (κ2) is 10.7. The maximum atomic E-state index is 5.35. The molecule has 0 aliphatic rings. The molecule has 0 N–H and O–H groups in total. The van der Waals surface area contributed by atoms with E-state index in [2.05, 4.69) is 84.9 Å². The lowest BCUT2D eigenvalue weighted by Crippen LogP contribution is -1.94. The van der Waals surface area contributed by atoms with E-state index >= 15 is 0 Å². The third kappa shape index (κ3) is 5.79. The predicted molar refractivity (Wildman–Crippen MR) is 133 cm³/mol. The van der Waals surface area contributed by atoms with Gasteiger partial charge in [0, 0.05) is 0 Å². The van der Waals surface area contributed by atoms with Gasteiger partial charge in [-0.2, -0.15) is 0 Å². The van der Waals surface area contributed by atoms with Crippen LogP contribution >= 0.6 is 0 Å². The van der Waals surface area contributed by atoms with E-state index in [1.54, 1.807) is 14.2 Å². The van der Waals surface area contributed by atoms with E-state index < -0.39 is 0 Å². The van der Waals surface area contributed by atoms with Crippen molar-refractivity contribution < 1.29 is 9.47 Å². The zero-order chi connectivity index (χ0) is 22.2. The standard InChI is InChI=1S/C30H30O2/c1-31-29-13-5-9-25(21-29)17-15-23-7-3-11-27(19-23)28-12-4-8-24(20-28)16-18-26-10-6-14-30(22-26)32-2/h3-14,19-22H,15-18H2,1-2H3. The maximum Gasteiger partial charge on any atom is 0.119 e. The fourth-order valence-electron chi connectivity index (χ4n) is 4.05. The van der Waals surface area contributed by atoms with Gasteiger partial charge in [0.2, 0.25) is 0 Å². The molecule has 4 aromatic rings. The second-order valence-electron chi connectivity index (χ2n) is 8.10. The highest BCUT2D eigenvalue weighted by Gasteiger charge is 2.04. The average molecular weight is 423 g/mol. The molecule has 0 unspecified atom stereocenters. The summed E-state index contributed by atoms with van der Waals surface area (Å²) >= 11 is 0. The van der Waals surface area contributed by atoms with Gasteiger partial charge in [0.1, 0.15) is 11.5 Å². The van der Waals surface area contributed by atoms with E-state index in [1.807, 2.05) is 12.1 Å². The Morgan fingerprint density at radius 1 is 0.438 bits per heavy atom. The van der Waals surface area contributed by atoms with Crippen molar-refractivity contribution in [1.29, 1.82) is 0 Å². The molecule has 0 aliphatic carbocycles. The van der Waals surface area contributed by atoms with Crippen LogP contribution in [0.15, 0.2) is 97.1 Å². The highest BCUT2D eigenvalue weighted by molar-refractivity contribution is 5.65. The Kier molecular flexibility index (Phi) is 7.24. The van der Waals surface area contributed by atoms with Gasteiger partial charge in [-0.3, -0.25) is 0 Å². The van der Waals surface area contributed by atoms with Crippen molar-refractivity contribution in [1.82, 2.24) is 0 Å². The number of rotatable bonds is 9. The lowest BCUT2D eigenvalue weighted by atomic mass is 9.96. The Morgan fingerprint density at radius 2 is 0.781 bits per heavy atom. The Labute approximate surface area is 191 Å². The van der Waals surface area contributed by atoms with Crippen molar-refractivity contribution >= 4 is 0 Å². The van der Waals surface area contributed by atoms with E-state index in [4.69, 9.17) is 9.47 Å². The van der Waals surface area contributed by atoms with Gasteiger partial charge in [-0.05, 0) is 83.3 Å². The summed E-state index contributed by atoms with van der Waals surface area (Å²) in [6, 6.07) is 34.5. The first kappa shape index (κ1) is 21.7. The van der Waals surface area contributed by atoms with E-state index in [-0.39, 0.29) is 0 Å². The zero-order valence-electron chi connectivity index (χ0n) is 18.9. The molecule has 2 heteroatoms. The quantitative estimate of drug-likeness (QED) is 0.291. The summed E-state index contributed by atoms with van der Waals surface area (Å²) in [6.45, 7) is 0. The number of methoxy groups -OCH3 is 2. The Bertz CT molecular complexity index is 1070. The largest absolute Gasteiger partial charge is 0.497 e. The summed E-state index contributed by atoms with van der Waals surface area (Å²) in [5, 5.41) is 0. The minimum Gasteiger partial charge on any atom is -0.497 e. The Morgan fingerprint density at radius 3 is 1.16 bits per heavy atom. The lowest BCUT2D eigenvalue weighted by molar-refractivity contribution is 0.414. The smallest absolute Gasteiger partial charge is 0.119 e. The van der Waals surface area contributed by atoms with Crippen LogP contribution in [0.3, 0.4) is 0 Å². The highest BCUT2D eigenvalue weighted by Crippen LogP contribution is 2.24. The first-order valence-electron chi connectivity index (χ1n) is 11.2. The molecule has 0 aromatic heterocycles. The summed E-state index contributed by atoms with van der Waals surface area (Å²) in [6.07, 6.45) is 4.02. The summed E-state index contributed by atoms with van der Waals surface area (Å²) in [7, 11) is 3.43. The molecule has 0 saturated heterocycles. The molecule has 0 spiro atoms. The molecular formula is C30H30O2. The molecule has 0 bridgehead atoms. The van der Waals surface area contributed by atoms with Crippen molar-refractivity contribution in [2.24, 2.45) is 0 Å². The third-order valence-electron chi connectivity index (χ3n) is 5.86. The molecule has 0 amide bonds. The SMILES string of the molecule is COc1cccc(CCc2cccc(-c3cccc(CCc4cccc(OC)c4)c3)c2)c1. The molecule has 0 heterocycles. The van der Waals surface area contributed by atoms with Crippen LogP contribution < -0.4 is 9.47 Å². The van der Waals surface area contributed by atoms with Crippen LogP contribution in [0, 0.1) is 0 Å². The van der Waals surface area contributed by atoms with Crippen molar-refractivity contribution in [2.45, 2.75) is 25.7 Å². The summed E-state index contributed by atoms with van der Waals surface area (Å²) < 4.78 is 10.7. The number of hydrogen-bond acceptors (Lipinski definition) is 2. The van der Waals surface area contributed by atoms with Gasteiger partial charge in [0.05, 0.1) is 14.2 Å². The molecule has 0 radical (unpaired) electrons. The summed E-state index contributed by atoms with van der Waals surface area (Å²) in [4.78, 5) is 0. The molecule has 2 nitrogen and oxygen atoms in total. The van der Waals surface area contributed by atoms with Crippen LogP contribution in [0.1, 0.15) is 22.3 Å². The van der Waals surface area contributed by atoms with Crippen LogP contribution in [0.5, 0.6) is 11.5 Å². The summed E-state index contributed by atoms with van der Waals surface area (Å²) in [5.74, 6) is 1.84. The van der Waals surface area contributed by atoms with Crippen LogP contribution in [-0.2, 0) is 25.7 Å². The van der Waals surface area contributed by atoms with Gasteiger partial charge in [-0.1, -0.05) is 72.8 Å². The highest BCUT2D eigenvalue weighted by atomic mass is 16.5. The Balaban J connectivity index is 1.43. The molecular weight excluding hydrogens is 392 g/mol. The van der Waals surface area contributed by atoms with Crippen molar-refractivity contribution in [3.05, 3.63) is 119 Å². The van der Waals surface area contributed by atoms with Gasteiger partial charge in [-0.25, -0.2) is 0 Å². The molecule has 4 aromatic carbocycles. The fourth-order valence-corrected chi connectivity index (χ4v) is 4.05. The van der Waals surface area contributed by atoms with Crippen molar-refractivity contribution in [3.8, 4) is 22.6 Å². The van der Waals surface area contributed by atoms with Gasteiger partial charge in [0.25, 0.3) is 0 Å². The number of benzene rings is 4. The average Bonchev–Trinajstić information content (AvgIpc) is 2.87. The monoisotopic (exact) mass is 422 g/mol. The predicted octanol–water partition coefficient (Wildman–Crippen LogP) is 6.94. The van der Waals surface area contributed by atoms with E-state index in [0.717, 1.165) is 37.2 Å². The summed E-state index contributed by atoms with van der Waals surface area (Å²) in [5.41, 5.74) is 7.86. The number of aryl methyl sites for hydroxylation is 4. The molecule has 162 valence electrons. The maximum absolute atomic E-state index is 5.35. The van der Waals surface area contributed by atoms with Gasteiger partial charge in [0.15, 0.2) is 0 Å². The first-order valence-corrected chi connectivity index (χ1v) is 11.2. The van der Waals surface area contributed by atoms with Crippen molar-refractivity contribution in [2.75, 3.05) is 14.2 Å². The zero-order valence-corrected chi connectivity index (χ0v) is 18.9. The third-order valence-corrected chi connectivity index (χ3v) is 5.86. The van der Waals surface area contributed by atoms with Crippen LogP contribution in [0.4, 0.5) is 0 Å². The molecule has 0 atom stereocenters. The topological polar surface area (TPSA) is 18.5 Å². The van der Waals surface area contributed by atoms with Crippen LogP contribution in [0.25, 0.3) is 11.1 Å². The van der Waals surface area contributed by atoms with Crippen LogP contribution in [-0.4, -0.2) is 14.2 Å². The molecule has 0 aliphatic heterocycles. The fraction of sp³-hybridized carbons (Fsp3) is 0.200. The first-order chi connectivity index (χ1) is 15.7. The second-order valence-corrected chi connectivity index (χ2v) is 8.10. The normalized spacial score (nSPS) is 10.7. The molecule has 0 saturated carbocycles. The van der Waals surface area contributed by atoms with Gasteiger partial charge < -0.3 is 9.47 Å². The number of hydrogen-bond donors (Lipinski definition) is 0.